The summed E-state index contributed by atoms with van der Waals surface area (Å²) in [5.41, 5.74) is 8.17. The monoisotopic (exact) mass is 305 g/mol. The molecule has 0 aliphatic carbocycles. The number of thiophene rings is 1. The van der Waals surface area contributed by atoms with Gasteiger partial charge in [-0.25, -0.2) is 9.97 Å². The Bertz CT molecular complexity index is 670. The van der Waals surface area contributed by atoms with Crippen LogP contribution in [0.1, 0.15) is 18.9 Å². The Kier molecular flexibility index (Phi) is 3.77. The number of rotatable bonds is 3. The van der Waals surface area contributed by atoms with Gasteiger partial charge in [-0.3, -0.25) is 4.79 Å². The van der Waals surface area contributed by atoms with Crippen molar-refractivity contribution < 1.29 is 4.79 Å². The number of fused-ring (bicyclic) bond motifs is 1. The van der Waals surface area contributed by atoms with E-state index in [0.717, 1.165) is 21.6 Å². The van der Waals surface area contributed by atoms with Crippen LogP contribution in [0.15, 0.2) is 11.7 Å². The van der Waals surface area contributed by atoms with Gasteiger partial charge in [0.2, 0.25) is 5.91 Å². The van der Waals surface area contributed by atoms with Crippen LogP contribution in [0, 0.1) is 6.92 Å². The van der Waals surface area contributed by atoms with Crippen molar-refractivity contribution >= 4 is 33.3 Å². The number of nitrogens with zero attached hydrogens (tertiary/aromatic N) is 3. The second kappa shape index (κ2) is 5.57. The predicted molar refractivity (Wildman–Crippen MR) is 84.6 cm³/mol. The van der Waals surface area contributed by atoms with Crippen LogP contribution in [-0.4, -0.2) is 41.0 Å². The van der Waals surface area contributed by atoms with Crippen molar-refractivity contribution in [2.45, 2.75) is 32.4 Å². The van der Waals surface area contributed by atoms with Gasteiger partial charge in [0.1, 0.15) is 12.4 Å². The molecule has 1 saturated heterocycles. The zero-order valence-corrected chi connectivity index (χ0v) is 13.0. The van der Waals surface area contributed by atoms with E-state index in [9.17, 15) is 4.79 Å². The number of likely N-dealkylation sites (N-methyl/N-ethyl adjacent to an activating group) is 1. The minimum Gasteiger partial charge on any atom is -0.355 e. The molecule has 7 heteroatoms. The number of hydrogen-bond donors (Lipinski definition) is 2. The first kappa shape index (κ1) is 14.2. The number of hydrogen-bond acceptors (Lipinski definition) is 6. The Morgan fingerprint density at radius 1 is 1.57 bits per heavy atom. The summed E-state index contributed by atoms with van der Waals surface area (Å²) in [6.45, 7) is 5.22. The summed E-state index contributed by atoms with van der Waals surface area (Å²) in [7, 11) is 0. The summed E-state index contributed by atoms with van der Waals surface area (Å²) in [6.07, 6.45) is 2.22. The van der Waals surface area contributed by atoms with Gasteiger partial charge in [0.05, 0.1) is 10.2 Å². The highest BCUT2D eigenvalue weighted by molar-refractivity contribution is 7.18. The summed E-state index contributed by atoms with van der Waals surface area (Å²) < 4.78 is 1.03. The standard InChI is InChI=1S/C14H19N5OS/c1-3-16-14(20)10-4-9(15)5-19(10)13-12-11(17-7-18-13)8(2)6-21-12/h6-7,9-10H,3-5,15H2,1-2H3,(H,16,20)/t9-,10+/m1/s1. The summed E-state index contributed by atoms with van der Waals surface area (Å²) in [4.78, 5) is 23.0. The highest BCUT2D eigenvalue weighted by Crippen LogP contribution is 2.34. The largest absolute Gasteiger partial charge is 0.355 e. The van der Waals surface area contributed by atoms with Gasteiger partial charge in [-0.2, -0.15) is 0 Å². The Morgan fingerprint density at radius 3 is 3.14 bits per heavy atom. The van der Waals surface area contributed by atoms with Crippen LogP contribution in [0.5, 0.6) is 0 Å². The lowest BCUT2D eigenvalue weighted by Crippen LogP contribution is -2.43. The third-order valence-corrected chi connectivity index (χ3v) is 4.85. The Hall–Kier alpha value is -1.73. The number of aryl methyl sites for hydroxylation is 1. The van der Waals surface area contributed by atoms with E-state index in [2.05, 4.69) is 20.7 Å². The zero-order valence-electron chi connectivity index (χ0n) is 12.2. The van der Waals surface area contributed by atoms with Crippen molar-refractivity contribution in [3.63, 3.8) is 0 Å². The lowest BCUT2D eigenvalue weighted by molar-refractivity contribution is -0.122. The van der Waals surface area contributed by atoms with Gasteiger partial charge < -0.3 is 16.0 Å². The number of nitrogens with two attached hydrogens (primary N) is 1. The molecular formula is C14H19N5OS. The molecule has 21 heavy (non-hydrogen) atoms. The van der Waals surface area contributed by atoms with E-state index in [4.69, 9.17) is 5.73 Å². The van der Waals surface area contributed by atoms with E-state index in [1.807, 2.05) is 18.7 Å². The summed E-state index contributed by atoms with van der Waals surface area (Å²) in [5.74, 6) is 0.841. The number of nitrogens with one attached hydrogen (secondary N) is 1. The maximum Gasteiger partial charge on any atom is 0.242 e. The molecule has 0 saturated carbocycles. The number of carbonyl (C=O) groups excluding carboxylic acids is 1. The third-order valence-electron chi connectivity index (χ3n) is 3.77. The van der Waals surface area contributed by atoms with E-state index in [1.54, 1.807) is 17.7 Å². The highest BCUT2D eigenvalue weighted by atomic mass is 32.1. The van der Waals surface area contributed by atoms with Crippen molar-refractivity contribution in [3.8, 4) is 0 Å². The minimum atomic E-state index is -0.250. The zero-order chi connectivity index (χ0) is 15.0. The van der Waals surface area contributed by atoms with Gasteiger partial charge in [0.15, 0.2) is 5.82 Å². The SMILES string of the molecule is CCNC(=O)[C@@H]1C[C@@H](N)CN1c1ncnc2c(C)csc12. The molecule has 3 heterocycles. The molecule has 0 bridgehead atoms. The fourth-order valence-corrected chi connectivity index (χ4v) is 3.81. The minimum absolute atomic E-state index is 0.0105. The third kappa shape index (κ3) is 2.47. The molecule has 6 nitrogen and oxygen atoms in total. The molecule has 112 valence electrons. The molecule has 3 N–H and O–H groups in total. The molecule has 1 amide bonds. The molecule has 3 rings (SSSR count). The Labute approximate surface area is 127 Å². The normalized spacial score (nSPS) is 22.0. The Balaban J connectivity index is 2.01. The lowest BCUT2D eigenvalue weighted by atomic mass is 10.1. The maximum absolute atomic E-state index is 12.3. The van der Waals surface area contributed by atoms with Crippen LogP contribution in [0.4, 0.5) is 5.82 Å². The average molecular weight is 305 g/mol. The van der Waals surface area contributed by atoms with E-state index in [-0.39, 0.29) is 18.0 Å². The van der Waals surface area contributed by atoms with Crippen molar-refractivity contribution in [1.82, 2.24) is 15.3 Å². The Morgan fingerprint density at radius 2 is 2.38 bits per heavy atom. The van der Waals surface area contributed by atoms with Crippen LogP contribution in [-0.2, 0) is 4.79 Å². The van der Waals surface area contributed by atoms with Crippen molar-refractivity contribution in [3.05, 3.63) is 17.3 Å². The van der Waals surface area contributed by atoms with E-state index in [0.29, 0.717) is 19.5 Å². The number of amides is 1. The molecule has 2 aromatic heterocycles. The van der Waals surface area contributed by atoms with Gasteiger partial charge in [0, 0.05) is 19.1 Å². The smallest absolute Gasteiger partial charge is 0.242 e. The molecule has 1 fully saturated rings. The number of anilines is 1. The molecular weight excluding hydrogens is 286 g/mol. The van der Waals surface area contributed by atoms with Crippen molar-refractivity contribution in [2.75, 3.05) is 18.0 Å². The van der Waals surface area contributed by atoms with Gasteiger partial charge in [-0.1, -0.05) is 0 Å². The van der Waals surface area contributed by atoms with Gasteiger partial charge >= 0.3 is 0 Å². The quantitative estimate of drug-likeness (QED) is 0.885. The van der Waals surface area contributed by atoms with Crippen molar-refractivity contribution in [2.24, 2.45) is 5.73 Å². The fourth-order valence-electron chi connectivity index (χ4n) is 2.80. The molecule has 0 aromatic carbocycles. The van der Waals surface area contributed by atoms with Gasteiger partial charge in [0.25, 0.3) is 0 Å². The second-order valence-electron chi connectivity index (χ2n) is 5.35. The maximum atomic E-state index is 12.3. The summed E-state index contributed by atoms with van der Waals surface area (Å²) in [6, 6.07) is -0.260. The average Bonchev–Trinajstić information content (AvgIpc) is 3.03. The molecule has 1 aliphatic heterocycles. The van der Waals surface area contributed by atoms with Crippen LogP contribution in [0.25, 0.3) is 10.2 Å². The summed E-state index contributed by atoms with van der Waals surface area (Å²) in [5, 5.41) is 4.95. The van der Waals surface area contributed by atoms with E-state index in [1.165, 1.54) is 0 Å². The first-order valence-electron chi connectivity index (χ1n) is 7.10. The molecule has 0 unspecified atom stereocenters. The fraction of sp³-hybridized carbons (Fsp3) is 0.500. The molecule has 0 spiro atoms. The molecule has 0 radical (unpaired) electrons. The second-order valence-corrected chi connectivity index (χ2v) is 6.23. The van der Waals surface area contributed by atoms with Gasteiger partial charge in [-0.15, -0.1) is 11.3 Å². The van der Waals surface area contributed by atoms with Gasteiger partial charge in [-0.05, 0) is 31.2 Å². The van der Waals surface area contributed by atoms with E-state index < -0.39 is 0 Å². The van der Waals surface area contributed by atoms with Crippen molar-refractivity contribution in [1.29, 1.82) is 0 Å². The molecule has 2 atom stereocenters. The topological polar surface area (TPSA) is 84.1 Å². The lowest BCUT2D eigenvalue weighted by Gasteiger charge is -2.24. The van der Waals surface area contributed by atoms with Crippen LogP contribution in [0.3, 0.4) is 0 Å². The van der Waals surface area contributed by atoms with Crippen LogP contribution >= 0.6 is 11.3 Å². The van der Waals surface area contributed by atoms with Crippen LogP contribution in [0.2, 0.25) is 0 Å². The highest BCUT2D eigenvalue weighted by Gasteiger charge is 2.36. The number of carbonyl (C=O) groups is 1. The van der Waals surface area contributed by atoms with Crippen LogP contribution < -0.4 is 16.0 Å². The molecule has 2 aromatic rings. The first-order chi connectivity index (χ1) is 10.1. The predicted octanol–water partition coefficient (Wildman–Crippen LogP) is 1.04. The number of aromatic nitrogens is 2. The van der Waals surface area contributed by atoms with E-state index >= 15 is 0 Å². The molecule has 1 aliphatic rings. The summed E-state index contributed by atoms with van der Waals surface area (Å²) >= 11 is 1.62. The first-order valence-corrected chi connectivity index (χ1v) is 7.98.